The van der Waals surface area contributed by atoms with E-state index in [0.717, 1.165) is 17.0 Å². The number of hydrogen-bond donors (Lipinski definition) is 0. The number of hydrogen-bond acceptors (Lipinski definition) is 2. The summed E-state index contributed by atoms with van der Waals surface area (Å²) < 4.78 is 5.18. The second kappa shape index (κ2) is 4.13. The lowest BCUT2D eigenvalue weighted by atomic mass is 10.1. The summed E-state index contributed by atoms with van der Waals surface area (Å²) in [5.41, 5.74) is 3.32. The van der Waals surface area contributed by atoms with Crippen LogP contribution in [-0.2, 0) is 0 Å². The molecule has 0 radical (unpaired) electrons. The average molecular weight is 199 g/mol. The van der Waals surface area contributed by atoms with Gasteiger partial charge in [-0.2, -0.15) is 0 Å². The van der Waals surface area contributed by atoms with Gasteiger partial charge in [0.25, 0.3) is 0 Å². The van der Waals surface area contributed by atoms with Crippen LogP contribution in [0, 0.1) is 6.92 Å². The van der Waals surface area contributed by atoms with Gasteiger partial charge in [0.1, 0.15) is 5.75 Å². The molecule has 1 aromatic heterocycles. The van der Waals surface area contributed by atoms with Crippen molar-refractivity contribution in [3.05, 3.63) is 48.2 Å². The van der Waals surface area contributed by atoms with Crippen molar-refractivity contribution in [2.75, 3.05) is 7.11 Å². The highest BCUT2D eigenvalue weighted by atomic mass is 16.5. The van der Waals surface area contributed by atoms with E-state index in [-0.39, 0.29) is 0 Å². The lowest BCUT2D eigenvalue weighted by Crippen LogP contribution is -1.88. The molecule has 0 aliphatic rings. The van der Waals surface area contributed by atoms with E-state index in [1.807, 2.05) is 24.3 Å². The molecule has 0 N–H and O–H groups in total. The van der Waals surface area contributed by atoms with Gasteiger partial charge in [-0.15, -0.1) is 0 Å². The molecule has 0 atom stereocenters. The number of pyridine rings is 1. The van der Waals surface area contributed by atoms with E-state index < -0.39 is 0 Å². The Morgan fingerprint density at radius 3 is 2.67 bits per heavy atom. The van der Waals surface area contributed by atoms with Crippen LogP contribution in [0.1, 0.15) is 5.56 Å². The van der Waals surface area contributed by atoms with E-state index in [4.69, 9.17) is 4.74 Å². The summed E-state index contributed by atoms with van der Waals surface area (Å²) in [5, 5.41) is 0. The monoisotopic (exact) mass is 199 g/mol. The van der Waals surface area contributed by atoms with Crippen molar-refractivity contribution in [2.45, 2.75) is 6.92 Å². The first-order valence-corrected chi connectivity index (χ1v) is 4.87. The van der Waals surface area contributed by atoms with E-state index >= 15 is 0 Å². The highest BCUT2D eigenvalue weighted by molar-refractivity contribution is 5.64. The fourth-order valence-corrected chi connectivity index (χ4v) is 1.55. The minimum Gasteiger partial charge on any atom is -0.497 e. The molecular weight excluding hydrogens is 186 g/mol. The first kappa shape index (κ1) is 9.71. The number of benzene rings is 1. The number of rotatable bonds is 2. The van der Waals surface area contributed by atoms with Gasteiger partial charge in [-0.1, -0.05) is 24.3 Å². The maximum absolute atomic E-state index is 5.18. The van der Waals surface area contributed by atoms with Crippen LogP contribution in [0.3, 0.4) is 0 Å². The summed E-state index contributed by atoms with van der Waals surface area (Å²) in [6, 6.07) is 12.0. The normalized spacial score (nSPS) is 10.0. The zero-order chi connectivity index (χ0) is 10.7. The SMILES string of the molecule is COc1ccnc(-c2ccccc2C)c1. The predicted molar refractivity (Wildman–Crippen MR) is 61.0 cm³/mol. The summed E-state index contributed by atoms with van der Waals surface area (Å²) >= 11 is 0. The van der Waals surface area contributed by atoms with Crippen LogP contribution in [-0.4, -0.2) is 12.1 Å². The molecule has 1 heterocycles. The zero-order valence-electron chi connectivity index (χ0n) is 8.90. The van der Waals surface area contributed by atoms with Crippen LogP contribution >= 0.6 is 0 Å². The second-order valence-corrected chi connectivity index (χ2v) is 3.40. The fourth-order valence-electron chi connectivity index (χ4n) is 1.55. The number of aromatic nitrogens is 1. The fraction of sp³-hybridized carbons (Fsp3) is 0.154. The Labute approximate surface area is 89.6 Å². The van der Waals surface area contributed by atoms with Crippen LogP contribution in [0.2, 0.25) is 0 Å². The summed E-state index contributed by atoms with van der Waals surface area (Å²) in [6.07, 6.45) is 1.76. The lowest BCUT2D eigenvalue weighted by Gasteiger charge is -2.06. The minimum atomic E-state index is 0.836. The summed E-state index contributed by atoms with van der Waals surface area (Å²) in [7, 11) is 1.66. The van der Waals surface area contributed by atoms with Crippen molar-refractivity contribution < 1.29 is 4.74 Å². The summed E-state index contributed by atoms with van der Waals surface area (Å²) in [4.78, 5) is 4.34. The predicted octanol–water partition coefficient (Wildman–Crippen LogP) is 3.07. The highest BCUT2D eigenvalue weighted by Crippen LogP contribution is 2.23. The number of ether oxygens (including phenoxy) is 1. The van der Waals surface area contributed by atoms with Crippen molar-refractivity contribution in [2.24, 2.45) is 0 Å². The van der Waals surface area contributed by atoms with Crippen molar-refractivity contribution in [1.29, 1.82) is 0 Å². The van der Waals surface area contributed by atoms with Crippen molar-refractivity contribution in [3.8, 4) is 17.0 Å². The van der Waals surface area contributed by atoms with Gasteiger partial charge < -0.3 is 4.74 Å². The van der Waals surface area contributed by atoms with Crippen LogP contribution < -0.4 is 4.74 Å². The first-order valence-electron chi connectivity index (χ1n) is 4.87. The summed E-state index contributed by atoms with van der Waals surface area (Å²) in [5.74, 6) is 0.836. The van der Waals surface area contributed by atoms with Crippen molar-refractivity contribution in [1.82, 2.24) is 4.98 Å². The minimum absolute atomic E-state index is 0.836. The molecule has 76 valence electrons. The molecule has 0 fully saturated rings. The van der Waals surface area contributed by atoms with Crippen molar-refractivity contribution >= 4 is 0 Å². The van der Waals surface area contributed by atoms with Gasteiger partial charge in [0.15, 0.2) is 0 Å². The van der Waals surface area contributed by atoms with Crippen LogP contribution in [0.4, 0.5) is 0 Å². The van der Waals surface area contributed by atoms with Crippen LogP contribution in [0.15, 0.2) is 42.6 Å². The van der Waals surface area contributed by atoms with E-state index in [0.29, 0.717) is 0 Å². The Kier molecular flexibility index (Phi) is 2.68. The van der Waals surface area contributed by atoms with Gasteiger partial charge in [0.2, 0.25) is 0 Å². The Morgan fingerprint density at radius 2 is 1.93 bits per heavy atom. The van der Waals surface area contributed by atoms with Gasteiger partial charge in [0.05, 0.1) is 12.8 Å². The Balaban J connectivity index is 2.49. The zero-order valence-corrected chi connectivity index (χ0v) is 8.90. The number of nitrogens with zero attached hydrogens (tertiary/aromatic N) is 1. The van der Waals surface area contributed by atoms with Crippen LogP contribution in [0.5, 0.6) is 5.75 Å². The molecule has 0 saturated heterocycles. The Bertz CT molecular complexity index is 466. The molecule has 0 amide bonds. The Hall–Kier alpha value is -1.83. The molecule has 2 nitrogen and oxygen atoms in total. The van der Waals surface area contributed by atoms with Crippen molar-refractivity contribution in [3.63, 3.8) is 0 Å². The quantitative estimate of drug-likeness (QED) is 0.741. The molecule has 1 aromatic carbocycles. The van der Waals surface area contributed by atoms with E-state index in [2.05, 4.69) is 24.0 Å². The molecule has 2 heteroatoms. The van der Waals surface area contributed by atoms with Gasteiger partial charge in [-0.25, -0.2) is 0 Å². The van der Waals surface area contributed by atoms with E-state index in [9.17, 15) is 0 Å². The largest absolute Gasteiger partial charge is 0.497 e. The number of aryl methyl sites for hydroxylation is 1. The molecule has 0 aliphatic carbocycles. The van der Waals surface area contributed by atoms with Gasteiger partial charge in [0, 0.05) is 17.8 Å². The third-order valence-corrected chi connectivity index (χ3v) is 2.39. The third kappa shape index (κ3) is 1.99. The van der Waals surface area contributed by atoms with Crippen LogP contribution in [0.25, 0.3) is 11.3 Å². The van der Waals surface area contributed by atoms with Gasteiger partial charge >= 0.3 is 0 Å². The first-order chi connectivity index (χ1) is 7.31. The molecule has 2 aromatic rings. The topological polar surface area (TPSA) is 22.1 Å². The third-order valence-electron chi connectivity index (χ3n) is 2.39. The molecular formula is C13H13NO. The van der Waals surface area contributed by atoms with E-state index in [1.165, 1.54) is 5.56 Å². The molecule has 0 bridgehead atoms. The van der Waals surface area contributed by atoms with Gasteiger partial charge in [-0.05, 0) is 18.6 Å². The highest BCUT2D eigenvalue weighted by Gasteiger charge is 2.02. The maximum atomic E-state index is 5.18. The second-order valence-electron chi connectivity index (χ2n) is 3.40. The Morgan fingerprint density at radius 1 is 1.13 bits per heavy atom. The average Bonchev–Trinajstić information content (AvgIpc) is 2.30. The molecule has 0 unspecified atom stereocenters. The molecule has 2 rings (SSSR count). The van der Waals surface area contributed by atoms with Gasteiger partial charge in [-0.3, -0.25) is 4.98 Å². The standard InChI is InChI=1S/C13H13NO/c1-10-5-3-4-6-12(10)13-9-11(15-2)7-8-14-13/h3-9H,1-2H3. The molecule has 15 heavy (non-hydrogen) atoms. The maximum Gasteiger partial charge on any atom is 0.122 e. The van der Waals surface area contributed by atoms with E-state index in [1.54, 1.807) is 13.3 Å². The number of methoxy groups -OCH3 is 1. The lowest BCUT2D eigenvalue weighted by molar-refractivity contribution is 0.414. The smallest absolute Gasteiger partial charge is 0.122 e. The summed E-state index contributed by atoms with van der Waals surface area (Å²) in [6.45, 7) is 2.08. The molecule has 0 spiro atoms. The molecule has 0 aliphatic heterocycles. The molecule has 0 saturated carbocycles.